The Morgan fingerprint density at radius 2 is 1.82 bits per heavy atom. The number of amides is 3. The third-order valence-electron chi connectivity index (χ3n) is 5.11. The molecule has 3 rings (SSSR count). The summed E-state index contributed by atoms with van der Waals surface area (Å²) >= 11 is 0. The smallest absolute Gasteiger partial charge is 0.321 e. The van der Waals surface area contributed by atoms with E-state index in [0.717, 1.165) is 11.3 Å². The van der Waals surface area contributed by atoms with Gasteiger partial charge in [0.1, 0.15) is 5.82 Å². The molecule has 1 fully saturated rings. The van der Waals surface area contributed by atoms with E-state index in [1.54, 1.807) is 15.9 Å². The molecule has 2 aromatic carbocycles. The molecule has 1 saturated heterocycles. The van der Waals surface area contributed by atoms with E-state index in [4.69, 9.17) is 0 Å². The molecular weight excluding hydrogens is 357 g/mol. The minimum Gasteiger partial charge on any atom is -0.338 e. The van der Waals surface area contributed by atoms with Crippen LogP contribution in [0.5, 0.6) is 0 Å². The monoisotopic (exact) mass is 383 g/mol. The van der Waals surface area contributed by atoms with Gasteiger partial charge < -0.3 is 15.1 Å². The zero-order chi connectivity index (χ0) is 19.9. The maximum absolute atomic E-state index is 13.4. The third kappa shape index (κ3) is 5.09. The Labute approximate surface area is 165 Å². The van der Waals surface area contributed by atoms with Crippen LogP contribution in [0, 0.1) is 11.7 Å². The average molecular weight is 383 g/mol. The molecule has 0 saturated carbocycles. The molecule has 3 amide bonds. The van der Waals surface area contributed by atoms with E-state index >= 15 is 0 Å². The van der Waals surface area contributed by atoms with Gasteiger partial charge in [0, 0.05) is 37.8 Å². The molecule has 1 heterocycles. The Hall–Kier alpha value is -2.89. The molecule has 0 radical (unpaired) electrons. The Balaban J connectivity index is 1.52. The van der Waals surface area contributed by atoms with Crippen molar-refractivity contribution in [3.05, 3.63) is 66.0 Å². The van der Waals surface area contributed by atoms with Gasteiger partial charge in [0.05, 0.1) is 0 Å². The average Bonchev–Trinajstić information content (AvgIpc) is 2.72. The second kappa shape index (κ2) is 9.35. The fraction of sp³-hybridized carbons (Fsp3) is 0.364. The molecule has 1 aliphatic heterocycles. The highest BCUT2D eigenvalue weighted by molar-refractivity contribution is 5.89. The number of anilines is 1. The van der Waals surface area contributed by atoms with Gasteiger partial charge in [-0.25, -0.2) is 9.18 Å². The van der Waals surface area contributed by atoms with Crippen LogP contribution in [0.25, 0.3) is 0 Å². The van der Waals surface area contributed by atoms with Crippen LogP contribution < -0.4 is 5.32 Å². The molecular formula is C22H26FN3O2. The summed E-state index contributed by atoms with van der Waals surface area (Å²) in [5, 5.41) is 2.88. The number of carbonyl (C=O) groups excluding carboxylic acids is 2. The standard InChI is InChI=1S/C22H26FN3O2/c1-2-25(16-17-7-6-8-19(23)15-17)21(27)18-11-13-26(14-12-18)22(28)24-20-9-4-3-5-10-20/h3-10,15,18H,2,11-14,16H2,1H3,(H,24,28). The summed E-state index contributed by atoms with van der Waals surface area (Å²) in [5.41, 5.74) is 1.55. The molecule has 2 aromatic rings. The topological polar surface area (TPSA) is 52.7 Å². The predicted molar refractivity (Wildman–Crippen MR) is 107 cm³/mol. The molecule has 0 spiro atoms. The van der Waals surface area contributed by atoms with E-state index in [2.05, 4.69) is 5.32 Å². The molecule has 0 atom stereocenters. The number of hydrogen-bond donors (Lipinski definition) is 1. The lowest BCUT2D eigenvalue weighted by atomic mass is 9.95. The highest BCUT2D eigenvalue weighted by Crippen LogP contribution is 2.22. The summed E-state index contributed by atoms with van der Waals surface area (Å²) < 4.78 is 13.4. The Morgan fingerprint density at radius 1 is 1.11 bits per heavy atom. The van der Waals surface area contributed by atoms with Crippen LogP contribution in [-0.2, 0) is 11.3 Å². The van der Waals surface area contributed by atoms with Gasteiger partial charge in [-0.1, -0.05) is 30.3 Å². The van der Waals surface area contributed by atoms with Gasteiger partial charge in [-0.05, 0) is 49.6 Å². The van der Waals surface area contributed by atoms with Gasteiger partial charge in [-0.3, -0.25) is 4.79 Å². The minimum atomic E-state index is -0.293. The Morgan fingerprint density at radius 3 is 2.46 bits per heavy atom. The Kier molecular flexibility index (Phi) is 6.63. The number of para-hydroxylation sites is 1. The lowest BCUT2D eigenvalue weighted by molar-refractivity contribution is -0.137. The summed E-state index contributed by atoms with van der Waals surface area (Å²) in [6, 6.07) is 15.6. The van der Waals surface area contributed by atoms with E-state index < -0.39 is 0 Å². The van der Waals surface area contributed by atoms with Crippen molar-refractivity contribution in [2.45, 2.75) is 26.3 Å². The third-order valence-corrected chi connectivity index (χ3v) is 5.11. The van der Waals surface area contributed by atoms with Crippen molar-refractivity contribution in [1.29, 1.82) is 0 Å². The zero-order valence-corrected chi connectivity index (χ0v) is 16.1. The number of urea groups is 1. The molecule has 148 valence electrons. The van der Waals surface area contributed by atoms with Crippen LogP contribution in [0.1, 0.15) is 25.3 Å². The number of halogens is 1. The van der Waals surface area contributed by atoms with E-state index in [1.165, 1.54) is 12.1 Å². The van der Waals surface area contributed by atoms with Gasteiger partial charge >= 0.3 is 6.03 Å². The lowest BCUT2D eigenvalue weighted by Crippen LogP contribution is -2.45. The molecule has 0 bridgehead atoms. The molecule has 28 heavy (non-hydrogen) atoms. The van der Waals surface area contributed by atoms with Gasteiger partial charge in [0.25, 0.3) is 0 Å². The van der Waals surface area contributed by atoms with E-state index in [-0.39, 0.29) is 23.7 Å². The van der Waals surface area contributed by atoms with E-state index in [0.29, 0.717) is 39.0 Å². The summed E-state index contributed by atoms with van der Waals surface area (Å²) in [6.07, 6.45) is 1.28. The number of benzene rings is 2. The summed E-state index contributed by atoms with van der Waals surface area (Å²) in [4.78, 5) is 28.8. The maximum atomic E-state index is 13.4. The van der Waals surface area contributed by atoms with Crippen LogP contribution >= 0.6 is 0 Å². The second-order valence-electron chi connectivity index (χ2n) is 7.04. The minimum absolute atomic E-state index is 0.0786. The molecule has 1 N–H and O–H groups in total. The summed E-state index contributed by atoms with van der Waals surface area (Å²) in [7, 11) is 0. The quantitative estimate of drug-likeness (QED) is 0.844. The highest BCUT2D eigenvalue weighted by Gasteiger charge is 2.30. The Bertz CT molecular complexity index is 804. The molecule has 1 aliphatic rings. The predicted octanol–water partition coefficient (Wildman–Crippen LogP) is 4.12. The first-order valence-electron chi connectivity index (χ1n) is 9.71. The summed E-state index contributed by atoms with van der Waals surface area (Å²) in [5.74, 6) is -0.317. The number of likely N-dealkylation sites (tertiary alicyclic amines) is 1. The normalized spacial score (nSPS) is 14.6. The van der Waals surface area contributed by atoms with Crippen LogP contribution in [0.2, 0.25) is 0 Å². The van der Waals surface area contributed by atoms with Crippen LogP contribution in [0.4, 0.5) is 14.9 Å². The van der Waals surface area contributed by atoms with Gasteiger partial charge in [-0.15, -0.1) is 0 Å². The summed E-state index contributed by atoms with van der Waals surface area (Å²) in [6.45, 7) is 4.00. The largest absolute Gasteiger partial charge is 0.338 e. The fourth-order valence-corrected chi connectivity index (χ4v) is 3.51. The fourth-order valence-electron chi connectivity index (χ4n) is 3.51. The van der Waals surface area contributed by atoms with Crippen molar-refractivity contribution in [2.75, 3.05) is 25.0 Å². The number of carbonyl (C=O) groups is 2. The van der Waals surface area contributed by atoms with Crippen LogP contribution in [0.3, 0.4) is 0 Å². The lowest BCUT2D eigenvalue weighted by Gasteiger charge is -2.34. The molecule has 5 nitrogen and oxygen atoms in total. The molecule has 6 heteroatoms. The van der Waals surface area contributed by atoms with E-state index in [1.807, 2.05) is 43.3 Å². The van der Waals surface area contributed by atoms with Gasteiger partial charge in [0.2, 0.25) is 5.91 Å². The van der Waals surface area contributed by atoms with Crippen LogP contribution in [-0.4, -0.2) is 41.4 Å². The van der Waals surface area contributed by atoms with Crippen molar-refractivity contribution in [3.8, 4) is 0 Å². The van der Waals surface area contributed by atoms with Crippen molar-refractivity contribution < 1.29 is 14.0 Å². The SMILES string of the molecule is CCN(Cc1cccc(F)c1)C(=O)C1CCN(C(=O)Nc2ccccc2)CC1. The number of rotatable bonds is 5. The van der Waals surface area contributed by atoms with Crippen molar-refractivity contribution in [2.24, 2.45) is 5.92 Å². The first kappa shape index (κ1) is 19.9. The molecule has 0 aromatic heterocycles. The van der Waals surface area contributed by atoms with Gasteiger partial charge in [0.15, 0.2) is 0 Å². The zero-order valence-electron chi connectivity index (χ0n) is 16.1. The first-order chi connectivity index (χ1) is 13.6. The van der Waals surface area contributed by atoms with Crippen molar-refractivity contribution >= 4 is 17.6 Å². The maximum Gasteiger partial charge on any atom is 0.321 e. The van der Waals surface area contributed by atoms with E-state index in [9.17, 15) is 14.0 Å². The highest BCUT2D eigenvalue weighted by atomic mass is 19.1. The van der Waals surface area contributed by atoms with Crippen molar-refractivity contribution in [3.63, 3.8) is 0 Å². The first-order valence-corrected chi connectivity index (χ1v) is 9.71. The van der Waals surface area contributed by atoms with Crippen LogP contribution in [0.15, 0.2) is 54.6 Å². The molecule has 0 aliphatic carbocycles. The number of piperidine rings is 1. The van der Waals surface area contributed by atoms with Gasteiger partial charge in [-0.2, -0.15) is 0 Å². The number of nitrogens with one attached hydrogen (secondary N) is 1. The van der Waals surface area contributed by atoms with Crippen molar-refractivity contribution in [1.82, 2.24) is 9.80 Å². The second-order valence-corrected chi connectivity index (χ2v) is 7.04. The molecule has 0 unspecified atom stereocenters. The number of nitrogens with zero attached hydrogens (tertiary/aromatic N) is 2. The number of hydrogen-bond acceptors (Lipinski definition) is 2.